The lowest BCUT2D eigenvalue weighted by molar-refractivity contribution is -0.118. The molecule has 0 spiro atoms. The number of fused-ring (bicyclic) bond motifs is 1. The van der Waals surface area contributed by atoms with Gasteiger partial charge in [0.25, 0.3) is 0 Å². The van der Waals surface area contributed by atoms with Gasteiger partial charge in [0.1, 0.15) is 0 Å². The SMILES string of the molecule is CC1CCN(C(=O)Cc2cccs2)c2ccccc2S1. The molecule has 1 amide bonds. The number of benzene rings is 1. The van der Waals surface area contributed by atoms with Crippen molar-refractivity contribution in [3.8, 4) is 0 Å². The van der Waals surface area contributed by atoms with Gasteiger partial charge in [0.15, 0.2) is 0 Å². The number of para-hydroxylation sites is 1. The van der Waals surface area contributed by atoms with Crippen LogP contribution in [0.1, 0.15) is 18.2 Å². The second-order valence-electron chi connectivity index (χ2n) is 4.99. The van der Waals surface area contributed by atoms with Gasteiger partial charge < -0.3 is 4.90 Å². The van der Waals surface area contributed by atoms with Crippen LogP contribution in [0.3, 0.4) is 0 Å². The third-order valence-corrected chi connectivity index (χ3v) is 5.56. The van der Waals surface area contributed by atoms with Crippen molar-refractivity contribution in [1.82, 2.24) is 0 Å². The Hall–Kier alpha value is -1.26. The van der Waals surface area contributed by atoms with Crippen LogP contribution in [0, 0.1) is 0 Å². The minimum atomic E-state index is 0.203. The number of thiophene rings is 1. The highest BCUT2D eigenvalue weighted by Crippen LogP contribution is 2.37. The Labute approximate surface area is 127 Å². The summed E-state index contributed by atoms with van der Waals surface area (Å²) in [5.41, 5.74) is 1.07. The van der Waals surface area contributed by atoms with E-state index in [-0.39, 0.29) is 5.91 Å². The van der Waals surface area contributed by atoms with Crippen molar-refractivity contribution in [2.75, 3.05) is 11.4 Å². The lowest BCUT2D eigenvalue weighted by atomic mass is 10.2. The number of rotatable bonds is 2. The van der Waals surface area contributed by atoms with E-state index in [1.807, 2.05) is 46.3 Å². The number of amides is 1. The fourth-order valence-corrected chi connectivity index (χ4v) is 4.21. The molecule has 1 unspecified atom stereocenters. The van der Waals surface area contributed by atoms with Crippen LogP contribution in [0.15, 0.2) is 46.7 Å². The summed E-state index contributed by atoms with van der Waals surface area (Å²) in [6, 6.07) is 12.3. The molecule has 2 aromatic rings. The van der Waals surface area contributed by atoms with Crippen molar-refractivity contribution >= 4 is 34.7 Å². The van der Waals surface area contributed by atoms with Crippen molar-refractivity contribution in [1.29, 1.82) is 0 Å². The van der Waals surface area contributed by atoms with Crippen molar-refractivity contribution in [2.45, 2.75) is 29.9 Å². The Balaban J connectivity index is 1.87. The first-order chi connectivity index (χ1) is 9.74. The molecule has 4 heteroatoms. The van der Waals surface area contributed by atoms with Gasteiger partial charge in [-0.3, -0.25) is 4.79 Å². The molecule has 1 aromatic carbocycles. The highest BCUT2D eigenvalue weighted by molar-refractivity contribution is 8.00. The summed E-state index contributed by atoms with van der Waals surface area (Å²) >= 11 is 3.52. The van der Waals surface area contributed by atoms with E-state index in [0.29, 0.717) is 11.7 Å². The van der Waals surface area contributed by atoms with Crippen LogP contribution in [0.25, 0.3) is 0 Å². The summed E-state index contributed by atoms with van der Waals surface area (Å²) in [5, 5.41) is 2.58. The molecule has 0 bridgehead atoms. The van der Waals surface area contributed by atoms with Crippen LogP contribution >= 0.6 is 23.1 Å². The average Bonchev–Trinajstić information content (AvgIpc) is 2.87. The Morgan fingerprint density at radius 3 is 2.95 bits per heavy atom. The molecule has 2 heterocycles. The van der Waals surface area contributed by atoms with E-state index < -0.39 is 0 Å². The predicted molar refractivity (Wildman–Crippen MR) is 86.8 cm³/mol. The van der Waals surface area contributed by atoms with Gasteiger partial charge in [-0.05, 0) is 30.0 Å². The van der Waals surface area contributed by atoms with E-state index in [2.05, 4.69) is 19.1 Å². The molecule has 1 aliphatic rings. The molecule has 1 atom stereocenters. The Morgan fingerprint density at radius 2 is 2.15 bits per heavy atom. The van der Waals surface area contributed by atoms with Gasteiger partial charge in [-0.15, -0.1) is 23.1 Å². The summed E-state index contributed by atoms with van der Waals surface area (Å²) in [5.74, 6) is 0.203. The molecule has 3 rings (SSSR count). The third-order valence-electron chi connectivity index (χ3n) is 3.45. The lowest BCUT2D eigenvalue weighted by Crippen LogP contribution is -2.33. The van der Waals surface area contributed by atoms with Gasteiger partial charge in [-0.2, -0.15) is 0 Å². The lowest BCUT2D eigenvalue weighted by Gasteiger charge is -2.22. The Morgan fingerprint density at radius 1 is 1.30 bits per heavy atom. The number of anilines is 1. The molecule has 0 saturated carbocycles. The summed E-state index contributed by atoms with van der Waals surface area (Å²) in [7, 11) is 0. The highest BCUT2D eigenvalue weighted by Gasteiger charge is 2.24. The molecule has 20 heavy (non-hydrogen) atoms. The molecule has 2 nitrogen and oxygen atoms in total. The molecule has 0 fully saturated rings. The van der Waals surface area contributed by atoms with E-state index in [4.69, 9.17) is 0 Å². The topological polar surface area (TPSA) is 20.3 Å². The fourth-order valence-electron chi connectivity index (χ4n) is 2.40. The van der Waals surface area contributed by atoms with Crippen LogP contribution in [0.2, 0.25) is 0 Å². The Kier molecular flexibility index (Phi) is 4.13. The van der Waals surface area contributed by atoms with Crippen molar-refractivity contribution in [2.24, 2.45) is 0 Å². The monoisotopic (exact) mass is 303 g/mol. The number of carbonyl (C=O) groups is 1. The van der Waals surface area contributed by atoms with Crippen LogP contribution in [0.4, 0.5) is 5.69 Å². The molecular weight excluding hydrogens is 286 g/mol. The molecule has 1 aromatic heterocycles. The van der Waals surface area contributed by atoms with Gasteiger partial charge in [-0.1, -0.05) is 25.1 Å². The number of nitrogens with zero attached hydrogens (tertiary/aromatic N) is 1. The zero-order valence-electron chi connectivity index (χ0n) is 11.4. The molecule has 0 saturated heterocycles. The van der Waals surface area contributed by atoms with Gasteiger partial charge >= 0.3 is 0 Å². The third kappa shape index (κ3) is 2.91. The number of thioether (sulfide) groups is 1. The number of hydrogen-bond acceptors (Lipinski definition) is 3. The molecule has 104 valence electrons. The maximum absolute atomic E-state index is 12.6. The van der Waals surface area contributed by atoms with Gasteiger partial charge in [0.05, 0.1) is 12.1 Å². The minimum absolute atomic E-state index is 0.203. The Bertz CT molecular complexity index is 594. The zero-order valence-corrected chi connectivity index (χ0v) is 13.0. The van der Waals surface area contributed by atoms with E-state index in [9.17, 15) is 4.79 Å². The summed E-state index contributed by atoms with van der Waals surface area (Å²) in [4.78, 5) is 16.9. The van der Waals surface area contributed by atoms with Crippen molar-refractivity contribution < 1.29 is 4.79 Å². The van der Waals surface area contributed by atoms with Gasteiger partial charge in [0.2, 0.25) is 5.91 Å². The second kappa shape index (κ2) is 6.02. The van der Waals surface area contributed by atoms with Crippen molar-refractivity contribution in [3.05, 3.63) is 46.7 Å². The molecule has 0 aliphatic carbocycles. The number of hydrogen-bond donors (Lipinski definition) is 0. The van der Waals surface area contributed by atoms with Gasteiger partial charge in [-0.25, -0.2) is 0 Å². The van der Waals surface area contributed by atoms with Crippen LogP contribution in [-0.2, 0) is 11.2 Å². The van der Waals surface area contributed by atoms with Crippen LogP contribution in [0.5, 0.6) is 0 Å². The quantitative estimate of drug-likeness (QED) is 0.828. The first-order valence-electron chi connectivity index (χ1n) is 6.82. The normalized spacial score (nSPS) is 18.4. The van der Waals surface area contributed by atoms with E-state index in [1.54, 1.807) is 11.3 Å². The molecule has 0 radical (unpaired) electrons. The fraction of sp³-hybridized carbons (Fsp3) is 0.312. The maximum atomic E-state index is 12.6. The molecule has 1 aliphatic heterocycles. The van der Waals surface area contributed by atoms with E-state index in [1.165, 1.54) is 4.90 Å². The van der Waals surface area contributed by atoms with E-state index in [0.717, 1.165) is 23.5 Å². The molecular formula is C16H17NOS2. The summed E-state index contributed by atoms with van der Waals surface area (Å²) in [6.45, 7) is 3.05. The first-order valence-corrected chi connectivity index (χ1v) is 8.58. The highest BCUT2D eigenvalue weighted by atomic mass is 32.2. The van der Waals surface area contributed by atoms with E-state index >= 15 is 0 Å². The first kappa shape index (κ1) is 13.7. The summed E-state index contributed by atoms with van der Waals surface area (Å²) in [6.07, 6.45) is 1.54. The van der Waals surface area contributed by atoms with Crippen LogP contribution in [-0.4, -0.2) is 17.7 Å². The average molecular weight is 303 g/mol. The largest absolute Gasteiger partial charge is 0.311 e. The smallest absolute Gasteiger partial charge is 0.232 e. The van der Waals surface area contributed by atoms with Crippen molar-refractivity contribution in [3.63, 3.8) is 0 Å². The summed E-state index contributed by atoms with van der Waals surface area (Å²) < 4.78 is 0. The second-order valence-corrected chi connectivity index (χ2v) is 7.50. The predicted octanol–water partition coefficient (Wildman–Crippen LogP) is 4.21. The minimum Gasteiger partial charge on any atom is -0.311 e. The maximum Gasteiger partial charge on any atom is 0.232 e. The van der Waals surface area contributed by atoms with Crippen LogP contribution < -0.4 is 4.90 Å². The van der Waals surface area contributed by atoms with Gasteiger partial charge in [0, 0.05) is 21.6 Å². The standard InChI is InChI=1S/C16H17NOS2/c1-12-8-9-17(14-6-2-3-7-15(14)20-12)16(18)11-13-5-4-10-19-13/h2-7,10,12H,8-9,11H2,1H3. The number of carbonyl (C=O) groups excluding carboxylic acids is 1. The zero-order chi connectivity index (χ0) is 13.9. The molecule has 0 N–H and O–H groups in total.